The van der Waals surface area contributed by atoms with Crippen LogP contribution in [0.3, 0.4) is 0 Å². The molecule has 0 spiro atoms. The third-order valence-electron chi connectivity index (χ3n) is 8.61. The molecule has 2 aromatic carbocycles. The average Bonchev–Trinajstić information content (AvgIpc) is 3.76. The third kappa shape index (κ3) is 5.65. The Labute approximate surface area is 230 Å². The number of hydrogen-bond acceptors (Lipinski definition) is 5. The largest absolute Gasteiger partial charge is 0.461 e. The van der Waals surface area contributed by atoms with Crippen LogP contribution in [0.25, 0.3) is 11.3 Å². The van der Waals surface area contributed by atoms with Crippen LogP contribution in [0, 0.1) is 24.7 Å². The smallest absolute Gasteiger partial charge is 0.257 e. The zero-order valence-electron chi connectivity index (χ0n) is 22.6. The SMILES string of the molecule is Cc1oc(-c2ccccc2)cc1C(=O)N1CC2CN(CCC(NC(=O)C3CCOC3)c3ccccc3)C[C@H]2C1. The summed E-state index contributed by atoms with van der Waals surface area (Å²) in [6.45, 7) is 7.52. The van der Waals surface area contributed by atoms with E-state index in [-0.39, 0.29) is 23.8 Å². The maximum Gasteiger partial charge on any atom is 0.257 e. The van der Waals surface area contributed by atoms with Gasteiger partial charge in [0.15, 0.2) is 0 Å². The summed E-state index contributed by atoms with van der Waals surface area (Å²) < 4.78 is 11.4. The van der Waals surface area contributed by atoms with E-state index in [4.69, 9.17) is 9.15 Å². The van der Waals surface area contributed by atoms with E-state index < -0.39 is 0 Å². The predicted octanol–water partition coefficient (Wildman–Crippen LogP) is 4.54. The molecule has 1 aromatic heterocycles. The minimum absolute atomic E-state index is 0.0132. The lowest BCUT2D eigenvalue weighted by molar-refractivity contribution is -0.125. The molecule has 3 aliphatic rings. The van der Waals surface area contributed by atoms with Crippen LogP contribution >= 0.6 is 0 Å². The molecule has 4 heterocycles. The highest BCUT2D eigenvalue weighted by molar-refractivity contribution is 5.96. The van der Waals surface area contributed by atoms with E-state index in [0.717, 1.165) is 62.5 Å². The van der Waals surface area contributed by atoms with Crippen LogP contribution in [0.2, 0.25) is 0 Å². The summed E-state index contributed by atoms with van der Waals surface area (Å²) in [4.78, 5) is 30.8. The molecule has 3 aromatic rings. The van der Waals surface area contributed by atoms with Gasteiger partial charge < -0.3 is 24.3 Å². The number of hydrogen-bond donors (Lipinski definition) is 1. The fourth-order valence-corrected chi connectivity index (χ4v) is 6.40. The molecule has 3 aliphatic heterocycles. The van der Waals surface area contributed by atoms with Gasteiger partial charge in [0.1, 0.15) is 11.5 Å². The summed E-state index contributed by atoms with van der Waals surface area (Å²) in [5, 5.41) is 3.30. The monoisotopic (exact) mass is 527 g/mol. The molecule has 1 N–H and O–H groups in total. The van der Waals surface area contributed by atoms with Gasteiger partial charge in [-0.05, 0) is 43.2 Å². The van der Waals surface area contributed by atoms with Gasteiger partial charge >= 0.3 is 0 Å². The Balaban J connectivity index is 1.04. The van der Waals surface area contributed by atoms with E-state index in [9.17, 15) is 9.59 Å². The quantitative estimate of drug-likeness (QED) is 0.466. The molecule has 3 unspecified atom stereocenters. The van der Waals surface area contributed by atoms with Crippen molar-refractivity contribution in [3.8, 4) is 11.3 Å². The number of likely N-dealkylation sites (tertiary alicyclic amines) is 2. The van der Waals surface area contributed by atoms with Crippen molar-refractivity contribution >= 4 is 11.8 Å². The Hall–Kier alpha value is -3.42. The summed E-state index contributed by atoms with van der Waals surface area (Å²) >= 11 is 0. The maximum atomic E-state index is 13.4. The molecule has 3 saturated heterocycles. The summed E-state index contributed by atoms with van der Waals surface area (Å²) in [6, 6.07) is 22.1. The minimum atomic E-state index is -0.0477. The van der Waals surface area contributed by atoms with Crippen molar-refractivity contribution in [2.45, 2.75) is 25.8 Å². The topological polar surface area (TPSA) is 75.0 Å². The number of carbonyl (C=O) groups excluding carboxylic acids is 2. The maximum absolute atomic E-state index is 13.4. The van der Waals surface area contributed by atoms with Crippen LogP contribution in [0.1, 0.15) is 40.6 Å². The van der Waals surface area contributed by atoms with E-state index in [1.54, 1.807) is 0 Å². The van der Waals surface area contributed by atoms with Crippen molar-refractivity contribution in [2.24, 2.45) is 17.8 Å². The molecule has 0 radical (unpaired) electrons. The van der Waals surface area contributed by atoms with Gasteiger partial charge in [-0.2, -0.15) is 0 Å². The van der Waals surface area contributed by atoms with Crippen molar-refractivity contribution < 1.29 is 18.7 Å². The molecule has 39 heavy (non-hydrogen) atoms. The number of amides is 2. The fraction of sp³-hybridized carbons (Fsp3) is 0.438. The van der Waals surface area contributed by atoms with Crippen LogP contribution in [-0.4, -0.2) is 67.6 Å². The van der Waals surface area contributed by atoms with Gasteiger partial charge in [-0.1, -0.05) is 60.7 Å². The van der Waals surface area contributed by atoms with Crippen molar-refractivity contribution in [3.63, 3.8) is 0 Å². The number of carbonyl (C=O) groups is 2. The Morgan fingerprint density at radius 1 is 0.974 bits per heavy atom. The standard InChI is InChI=1S/C32H37N3O4/c1-22-28(16-30(39-22)24-10-6-3-7-11-24)32(37)35-19-26-17-34(18-27(26)20-35)14-12-29(23-8-4-2-5-9-23)33-31(36)25-13-15-38-21-25/h2-11,16,25-27,29H,12-15,17-21H2,1H3,(H,33,36)/t25?,26-,27?,29?/m0/s1. The first kappa shape index (κ1) is 25.8. The Morgan fingerprint density at radius 2 is 1.67 bits per heavy atom. The zero-order valence-corrected chi connectivity index (χ0v) is 22.6. The lowest BCUT2D eigenvalue weighted by atomic mass is 10.0. The van der Waals surface area contributed by atoms with E-state index in [1.165, 1.54) is 0 Å². The Kier molecular flexibility index (Phi) is 7.53. The number of nitrogens with one attached hydrogen (secondary N) is 1. The zero-order chi connectivity index (χ0) is 26.8. The van der Waals surface area contributed by atoms with Crippen molar-refractivity contribution in [1.29, 1.82) is 0 Å². The van der Waals surface area contributed by atoms with Crippen LogP contribution in [0.15, 0.2) is 71.1 Å². The molecule has 0 aliphatic carbocycles. The van der Waals surface area contributed by atoms with Crippen molar-refractivity contribution in [1.82, 2.24) is 15.1 Å². The van der Waals surface area contributed by atoms with Gasteiger partial charge in [0.25, 0.3) is 5.91 Å². The van der Waals surface area contributed by atoms with Gasteiger partial charge in [0.2, 0.25) is 5.91 Å². The Bertz CT molecular complexity index is 1270. The highest BCUT2D eigenvalue weighted by atomic mass is 16.5. The number of benzene rings is 2. The van der Waals surface area contributed by atoms with E-state index in [2.05, 4.69) is 22.3 Å². The number of aryl methyl sites for hydroxylation is 1. The number of nitrogens with zero attached hydrogens (tertiary/aromatic N) is 2. The number of furan rings is 1. The Morgan fingerprint density at radius 3 is 2.33 bits per heavy atom. The second-order valence-electron chi connectivity index (χ2n) is 11.3. The molecule has 4 atom stereocenters. The third-order valence-corrected chi connectivity index (χ3v) is 8.61. The second kappa shape index (κ2) is 11.4. The van der Waals surface area contributed by atoms with Crippen LogP contribution < -0.4 is 5.32 Å². The van der Waals surface area contributed by atoms with Gasteiger partial charge in [0.05, 0.1) is 24.1 Å². The van der Waals surface area contributed by atoms with Crippen LogP contribution in [-0.2, 0) is 9.53 Å². The van der Waals surface area contributed by atoms with Crippen molar-refractivity contribution in [3.05, 3.63) is 83.6 Å². The first-order valence-electron chi connectivity index (χ1n) is 14.2. The van der Waals surface area contributed by atoms with Gasteiger partial charge in [-0.3, -0.25) is 9.59 Å². The normalized spacial score (nSPS) is 23.6. The van der Waals surface area contributed by atoms with E-state index in [0.29, 0.717) is 36.4 Å². The first-order chi connectivity index (χ1) is 19.0. The molecule has 204 valence electrons. The van der Waals surface area contributed by atoms with Crippen LogP contribution in [0.4, 0.5) is 0 Å². The van der Waals surface area contributed by atoms with E-state index in [1.807, 2.05) is 66.4 Å². The number of rotatable bonds is 8. The molecular formula is C32H37N3O4. The number of ether oxygens (including phenoxy) is 1. The van der Waals surface area contributed by atoms with E-state index >= 15 is 0 Å². The lowest BCUT2D eigenvalue weighted by Gasteiger charge is -2.25. The summed E-state index contributed by atoms with van der Waals surface area (Å²) in [6.07, 6.45) is 1.66. The fourth-order valence-electron chi connectivity index (χ4n) is 6.40. The minimum Gasteiger partial charge on any atom is -0.461 e. The molecule has 6 rings (SSSR count). The highest BCUT2D eigenvalue weighted by Crippen LogP contribution is 2.34. The molecule has 7 heteroatoms. The lowest BCUT2D eigenvalue weighted by Crippen LogP contribution is -2.37. The summed E-state index contributed by atoms with van der Waals surface area (Å²) in [5.74, 6) is 2.50. The second-order valence-corrected chi connectivity index (χ2v) is 11.3. The molecule has 2 amide bonds. The summed E-state index contributed by atoms with van der Waals surface area (Å²) in [7, 11) is 0. The molecule has 0 bridgehead atoms. The average molecular weight is 528 g/mol. The van der Waals surface area contributed by atoms with Gasteiger partial charge in [-0.15, -0.1) is 0 Å². The highest BCUT2D eigenvalue weighted by Gasteiger charge is 2.42. The molecule has 0 saturated carbocycles. The molecule has 3 fully saturated rings. The van der Waals surface area contributed by atoms with Gasteiger partial charge in [-0.25, -0.2) is 0 Å². The van der Waals surface area contributed by atoms with Gasteiger partial charge in [0, 0.05) is 44.9 Å². The van der Waals surface area contributed by atoms with Crippen molar-refractivity contribution in [2.75, 3.05) is 45.9 Å². The summed E-state index contributed by atoms with van der Waals surface area (Å²) in [5.41, 5.74) is 2.79. The first-order valence-corrected chi connectivity index (χ1v) is 14.2. The van der Waals surface area contributed by atoms with Crippen LogP contribution in [0.5, 0.6) is 0 Å². The molecular weight excluding hydrogens is 490 g/mol. The number of fused-ring (bicyclic) bond motifs is 1. The predicted molar refractivity (Wildman–Crippen MR) is 149 cm³/mol. The molecule has 7 nitrogen and oxygen atoms in total.